The number of ether oxygens (including phenoxy) is 3. The third-order valence-electron chi connectivity index (χ3n) is 12.1. The van der Waals surface area contributed by atoms with E-state index in [1.807, 2.05) is 0 Å². The molecule has 2 amide bonds. The lowest BCUT2D eigenvalue weighted by Gasteiger charge is -2.22. The first kappa shape index (κ1) is 64.7. The summed E-state index contributed by atoms with van der Waals surface area (Å²) in [4.78, 5) is 64.7. The van der Waals surface area contributed by atoms with Crippen LogP contribution in [-0.4, -0.2) is 86.8 Å². The van der Waals surface area contributed by atoms with Crippen LogP contribution >= 0.6 is 0 Å². The van der Waals surface area contributed by atoms with Crippen LogP contribution in [0.2, 0.25) is 0 Å². The van der Waals surface area contributed by atoms with Crippen LogP contribution in [0.25, 0.3) is 0 Å². The van der Waals surface area contributed by atoms with Gasteiger partial charge in [-0.2, -0.15) is 0 Å². The van der Waals surface area contributed by atoms with E-state index in [1.165, 1.54) is 77.0 Å². The number of esters is 3. The van der Waals surface area contributed by atoms with Gasteiger partial charge in [0.1, 0.15) is 19.3 Å². The Bertz CT molecular complexity index is 1300. The maximum absolute atomic E-state index is 13.5. The fourth-order valence-electron chi connectivity index (χ4n) is 7.69. The highest BCUT2D eigenvalue weighted by atomic mass is 16.6. The number of amides is 2. The van der Waals surface area contributed by atoms with Crippen molar-refractivity contribution < 1.29 is 38.2 Å². The summed E-state index contributed by atoms with van der Waals surface area (Å²) in [6, 6.07) is -2.70. The standard InChI is InChI=1S/C54H102N6O8/c1-3-5-7-9-11-13-15-17-19-21-23-25-27-29-31-39-50(61)66-44-46(68-51(62)40-32-30-28-26-24-22-20-18-16-14-12-10-8-6-4-2)45-67-54(65)49(60-53(64)48(58)37-34-42-56)38-35-43-59-52(63)47(57)36-33-41-55/h17-20,46-49H,3-16,21-45,55-58H2,1-2H3,(H,59,63)(H,60,64)/b19-17-,20-18-/t46-,47?,48?,49?/m1/s1. The summed E-state index contributed by atoms with van der Waals surface area (Å²) in [5.41, 5.74) is 23.2. The molecular formula is C54H102N6O8. The molecule has 14 nitrogen and oxygen atoms in total. The second-order valence-electron chi connectivity index (χ2n) is 18.7. The molecule has 3 unspecified atom stereocenters. The Morgan fingerprint density at radius 2 is 0.882 bits per heavy atom. The van der Waals surface area contributed by atoms with Crippen molar-refractivity contribution in [2.75, 3.05) is 32.8 Å². The van der Waals surface area contributed by atoms with Crippen molar-refractivity contribution in [2.45, 2.75) is 256 Å². The molecule has 0 rings (SSSR count). The summed E-state index contributed by atoms with van der Waals surface area (Å²) in [6.45, 7) is 4.83. The largest absolute Gasteiger partial charge is 0.462 e. The SMILES string of the molecule is CCCCCCCC/C=C\CCCCCCCC(=O)OC[C@H](COC(=O)C(CCCNC(=O)C(N)CCCN)NC(=O)C(N)CCCN)OC(=O)CCCCCCC/C=C\CCCCCCCC. The Labute approximate surface area is 413 Å². The predicted molar refractivity (Wildman–Crippen MR) is 277 cm³/mol. The van der Waals surface area contributed by atoms with Crippen molar-refractivity contribution in [1.29, 1.82) is 0 Å². The van der Waals surface area contributed by atoms with Crippen molar-refractivity contribution in [3.05, 3.63) is 24.3 Å². The Balaban J connectivity index is 5.17. The molecular weight excluding hydrogens is 861 g/mol. The van der Waals surface area contributed by atoms with Crippen molar-refractivity contribution >= 4 is 29.7 Å². The highest BCUT2D eigenvalue weighted by molar-refractivity contribution is 5.87. The Hall–Kier alpha value is -3.33. The maximum atomic E-state index is 13.5. The van der Waals surface area contributed by atoms with Gasteiger partial charge in [0.25, 0.3) is 0 Å². The molecule has 0 aromatic rings. The van der Waals surface area contributed by atoms with E-state index in [4.69, 9.17) is 37.1 Å². The molecule has 14 heteroatoms. The second kappa shape index (κ2) is 48.7. The third-order valence-corrected chi connectivity index (χ3v) is 12.1. The summed E-state index contributed by atoms with van der Waals surface area (Å²) in [5.74, 6) is -2.51. The molecule has 396 valence electrons. The number of rotatable bonds is 49. The summed E-state index contributed by atoms with van der Waals surface area (Å²) in [7, 11) is 0. The highest BCUT2D eigenvalue weighted by Crippen LogP contribution is 2.14. The average Bonchev–Trinajstić information content (AvgIpc) is 3.33. The van der Waals surface area contributed by atoms with Crippen LogP contribution in [0.5, 0.6) is 0 Å². The van der Waals surface area contributed by atoms with Crippen molar-refractivity contribution in [3.63, 3.8) is 0 Å². The third kappa shape index (κ3) is 41.6. The van der Waals surface area contributed by atoms with E-state index in [1.54, 1.807) is 0 Å². The van der Waals surface area contributed by atoms with E-state index in [-0.39, 0.29) is 44.9 Å². The zero-order valence-electron chi connectivity index (χ0n) is 43.3. The van der Waals surface area contributed by atoms with E-state index in [9.17, 15) is 24.0 Å². The first-order chi connectivity index (χ1) is 33.1. The minimum absolute atomic E-state index is 0.122. The van der Waals surface area contributed by atoms with Gasteiger partial charge in [-0.3, -0.25) is 19.2 Å². The number of allylic oxidation sites excluding steroid dienone is 4. The molecule has 0 fully saturated rings. The minimum atomic E-state index is -1.11. The molecule has 0 aliphatic carbocycles. The molecule has 0 heterocycles. The monoisotopic (exact) mass is 963 g/mol. The zero-order valence-corrected chi connectivity index (χ0v) is 43.3. The smallest absolute Gasteiger partial charge is 0.328 e. The molecule has 0 radical (unpaired) electrons. The molecule has 0 saturated heterocycles. The fourth-order valence-corrected chi connectivity index (χ4v) is 7.69. The summed E-state index contributed by atoms with van der Waals surface area (Å²) in [6.07, 6.45) is 40.8. The molecule has 0 bridgehead atoms. The molecule has 0 aliphatic heterocycles. The van der Waals surface area contributed by atoms with Gasteiger partial charge in [0.15, 0.2) is 6.10 Å². The van der Waals surface area contributed by atoms with E-state index < -0.39 is 48.0 Å². The quantitative estimate of drug-likeness (QED) is 0.0145. The second-order valence-corrected chi connectivity index (χ2v) is 18.7. The van der Waals surface area contributed by atoms with Crippen LogP contribution < -0.4 is 33.6 Å². The lowest BCUT2D eigenvalue weighted by atomic mass is 10.1. The molecule has 0 spiro atoms. The lowest BCUT2D eigenvalue weighted by Crippen LogP contribution is -2.49. The molecule has 4 atom stereocenters. The van der Waals surface area contributed by atoms with Crippen LogP contribution in [0, 0.1) is 0 Å². The minimum Gasteiger partial charge on any atom is -0.462 e. The summed E-state index contributed by atoms with van der Waals surface area (Å²) in [5, 5.41) is 5.44. The molecule has 0 saturated carbocycles. The van der Waals surface area contributed by atoms with Crippen LogP contribution in [0.3, 0.4) is 0 Å². The van der Waals surface area contributed by atoms with Crippen molar-refractivity contribution in [1.82, 2.24) is 10.6 Å². The molecule has 68 heavy (non-hydrogen) atoms. The van der Waals surface area contributed by atoms with Gasteiger partial charge in [-0.15, -0.1) is 0 Å². The maximum Gasteiger partial charge on any atom is 0.328 e. The van der Waals surface area contributed by atoms with Gasteiger partial charge in [-0.25, -0.2) is 4.79 Å². The Morgan fingerprint density at radius 1 is 0.471 bits per heavy atom. The highest BCUT2D eigenvalue weighted by Gasteiger charge is 2.27. The number of carbonyl (C=O) groups excluding carboxylic acids is 5. The van der Waals surface area contributed by atoms with Crippen molar-refractivity contribution in [2.24, 2.45) is 22.9 Å². The van der Waals surface area contributed by atoms with Crippen LogP contribution in [-0.2, 0) is 38.2 Å². The Morgan fingerprint density at radius 3 is 1.35 bits per heavy atom. The van der Waals surface area contributed by atoms with E-state index in [0.29, 0.717) is 58.0 Å². The number of nitrogens with two attached hydrogens (primary N) is 4. The van der Waals surface area contributed by atoms with Gasteiger partial charge < -0.3 is 47.8 Å². The zero-order chi connectivity index (χ0) is 50.1. The number of hydrogen-bond acceptors (Lipinski definition) is 12. The molecule has 10 N–H and O–H groups in total. The van der Waals surface area contributed by atoms with Gasteiger partial charge in [-0.1, -0.05) is 141 Å². The molecule has 0 aliphatic rings. The van der Waals surface area contributed by atoms with Gasteiger partial charge in [0, 0.05) is 19.4 Å². The Kier molecular flexibility index (Phi) is 46.3. The van der Waals surface area contributed by atoms with Gasteiger partial charge >= 0.3 is 17.9 Å². The topological polar surface area (TPSA) is 241 Å². The van der Waals surface area contributed by atoms with E-state index >= 15 is 0 Å². The van der Waals surface area contributed by atoms with Gasteiger partial charge in [0.2, 0.25) is 11.8 Å². The van der Waals surface area contributed by atoms with Crippen LogP contribution in [0.4, 0.5) is 0 Å². The summed E-state index contributed by atoms with van der Waals surface area (Å²) < 4.78 is 16.9. The van der Waals surface area contributed by atoms with E-state index in [0.717, 1.165) is 77.0 Å². The first-order valence-electron chi connectivity index (χ1n) is 27.4. The number of nitrogens with one attached hydrogen (secondary N) is 2. The first-order valence-corrected chi connectivity index (χ1v) is 27.4. The molecule has 0 aromatic carbocycles. The van der Waals surface area contributed by atoms with E-state index in [2.05, 4.69) is 48.8 Å². The van der Waals surface area contributed by atoms with Crippen molar-refractivity contribution in [3.8, 4) is 0 Å². The average molecular weight is 963 g/mol. The number of carbonyl (C=O) groups is 5. The fraction of sp³-hybridized carbons (Fsp3) is 0.833. The normalized spacial score (nSPS) is 13.3. The van der Waals surface area contributed by atoms with Gasteiger partial charge in [-0.05, 0) is 116 Å². The predicted octanol–water partition coefficient (Wildman–Crippen LogP) is 9.57. The van der Waals surface area contributed by atoms with Crippen LogP contribution in [0.15, 0.2) is 24.3 Å². The van der Waals surface area contributed by atoms with Crippen LogP contribution in [0.1, 0.15) is 232 Å². The number of hydrogen-bond donors (Lipinski definition) is 6. The lowest BCUT2D eigenvalue weighted by molar-refractivity contribution is -0.168. The number of unbranched alkanes of at least 4 members (excludes halogenated alkanes) is 22. The summed E-state index contributed by atoms with van der Waals surface area (Å²) >= 11 is 0. The van der Waals surface area contributed by atoms with Gasteiger partial charge in [0.05, 0.1) is 12.1 Å². The molecule has 0 aromatic heterocycles.